The number of halogens is 1. The van der Waals surface area contributed by atoms with Crippen LogP contribution in [0.2, 0.25) is 0 Å². The second-order valence-electron chi connectivity index (χ2n) is 1.28. The van der Waals surface area contributed by atoms with Gasteiger partial charge in [0, 0.05) is 20.0 Å². The Balaban J connectivity index is 0. The van der Waals surface area contributed by atoms with Gasteiger partial charge in [-0.1, -0.05) is 0 Å². The van der Waals surface area contributed by atoms with Gasteiger partial charge in [-0.05, 0) is 0 Å². The molecule has 0 aliphatic rings. The zero-order chi connectivity index (χ0) is 6.41. The largest absolute Gasteiger partial charge is 0.371 e. The molecule has 0 atom stereocenters. The fourth-order valence-corrected chi connectivity index (χ4v) is 0.212. The smallest absolute Gasteiger partial charge is 0.321 e. The zero-order valence-electron chi connectivity index (χ0n) is 5.22. The summed E-state index contributed by atoms with van der Waals surface area (Å²) >= 11 is 0. The van der Waals surface area contributed by atoms with Gasteiger partial charge in [0.1, 0.15) is 0 Å². The first-order chi connectivity index (χ1) is 3.77. The lowest BCUT2D eigenvalue weighted by atomic mass is 10.7. The van der Waals surface area contributed by atoms with E-state index >= 15 is 0 Å². The Morgan fingerprint density at radius 2 is 2.33 bits per heavy atom. The van der Waals surface area contributed by atoms with Crippen molar-refractivity contribution in [2.45, 2.75) is 6.92 Å². The fourth-order valence-electron chi connectivity index (χ4n) is 0.212. The number of carbonyl (C=O) groups is 1. The van der Waals surface area contributed by atoms with Gasteiger partial charge in [-0.3, -0.25) is 4.79 Å². The van der Waals surface area contributed by atoms with Crippen LogP contribution in [0, 0.1) is 0 Å². The Hall–Kier alpha value is -0.320. The molecule has 0 aromatic heterocycles. The van der Waals surface area contributed by atoms with Gasteiger partial charge in [-0.2, -0.15) is 5.48 Å². The van der Waals surface area contributed by atoms with Crippen LogP contribution in [0.5, 0.6) is 0 Å². The minimum Gasteiger partial charge on any atom is -0.371 e. The second-order valence-corrected chi connectivity index (χ2v) is 1.28. The third-order valence-electron chi connectivity index (χ3n) is 0.462. The summed E-state index contributed by atoms with van der Waals surface area (Å²) in [7, 11) is 0. The van der Waals surface area contributed by atoms with Crippen LogP contribution in [0.3, 0.4) is 0 Å². The molecule has 0 amide bonds. The number of nitrogens with two attached hydrogens (primary N) is 1. The molecule has 0 aromatic rings. The number of carbonyl (C=O) groups excluding carboxylic acids is 1. The predicted octanol–water partition coefficient (Wildman–Crippen LogP) is -0.565. The summed E-state index contributed by atoms with van der Waals surface area (Å²) < 4.78 is 0. The van der Waals surface area contributed by atoms with Crippen LogP contribution in [0.25, 0.3) is 0 Å². The van der Waals surface area contributed by atoms with Crippen LogP contribution in [-0.4, -0.2) is 19.1 Å². The summed E-state index contributed by atoms with van der Waals surface area (Å²) in [5.74, 6) is -0.349. The van der Waals surface area contributed by atoms with E-state index in [1.165, 1.54) is 6.92 Å². The average Bonchev–Trinajstić information content (AvgIpc) is 1.66. The first kappa shape index (κ1) is 11.5. The molecule has 0 saturated carbocycles. The fraction of sp³-hybridized carbons (Fsp3) is 0.750. The van der Waals surface area contributed by atoms with E-state index in [-0.39, 0.29) is 18.4 Å². The van der Waals surface area contributed by atoms with Crippen LogP contribution >= 0.6 is 12.4 Å². The highest BCUT2D eigenvalue weighted by molar-refractivity contribution is 5.85. The third kappa shape index (κ3) is 11.3. The summed E-state index contributed by atoms with van der Waals surface area (Å²) in [6.45, 7) is 2.29. The van der Waals surface area contributed by atoms with Crippen molar-refractivity contribution in [3.63, 3.8) is 0 Å². The van der Waals surface area contributed by atoms with E-state index in [9.17, 15) is 4.79 Å². The van der Waals surface area contributed by atoms with Crippen molar-refractivity contribution in [2.24, 2.45) is 5.73 Å². The molecule has 0 unspecified atom stereocenters. The van der Waals surface area contributed by atoms with Gasteiger partial charge in [-0.25, -0.2) is 0 Å². The lowest BCUT2D eigenvalue weighted by molar-refractivity contribution is -0.148. The van der Waals surface area contributed by atoms with Gasteiger partial charge in [0.05, 0.1) is 0 Å². The van der Waals surface area contributed by atoms with Crippen LogP contribution < -0.4 is 11.2 Å². The van der Waals surface area contributed by atoms with Crippen LogP contribution in [0.1, 0.15) is 6.92 Å². The Morgan fingerprint density at radius 3 is 2.67 bits per heavy atom. The van der Waals surface area contributed by atoms with E-state index in [0.717, 1.165) is 0 Å². The Labute approximate surface area is 60.1 Å². The molecular formula is C4H11ClN2O2. The monoisotopic (exact) mass is 154 g/mol. The van der Waals surface area contributed by atoms with E-state index in [4.69, 9.17) is 5.73 Å². The van der Waals surface area contributed by atoms with Gasteiger partial charge >= 0.3 is 5.97 Å². The van der Waals surface area contributed by atoms with Crippen molar-refractivity contribution >= 4 is 18.4 Å². The molecule has 0 bridgehead atoms. The Bertz CT molecular complexity index is 79.0. The molecule has 4 nitrogen and oxygen atoms in total. The maximum absolute atomic E-state index is 9.99. The molecule has 56 valence electrons. The summed E-state index contributed by atoms with van der Waals surface area (Å²) in [6.07, 6.45) is 0. The average molecular weight is 155 g/mol. The highest BCUT2D eigenvalue weighted by Crippen LogP contribution is 1.64. The van der Waals surface area contributed by atoms with Crippen molar-refractivity contribution in [2.75, 3.05) is 13.1 Å². The van der Waals surface area contributed by atoms with Crippen molar-refractivity contribution in [3.8, 4) is 0 Å². The highest BCUT2D eigenvalue weighted by Gasteiger charge is 1.86. The maximum Gasteiger partial charge on any atom is 0.321 e. The van der Waals surface area contributed by atoms with Gasteiger partial charge in [0.15, 0.2) is 0 Å². The molecule has 0 saturated heterocycles. The maximum atomic E-state index is 9.99. The quantitative estimate of drug-likeness (QED) is 0.422. The van der Waals surface area contributed by atoms with E-state index < -0.39 is 0 Å². The topological polar surface area (TPSA) is 64.3 Å². The van der Waals surface area contributed by atoms with Gasteiger partial charge in [0.2, 0.25) is 0 Å². The third-order valence-corrected chi connectivity index (χ3v) is 0.462. The number of nitrogens with one attached hydrogen (secondary N) is 1. The minimum absolute atomic E-state index is 0. The second kappa shape index (κ2) is 7.68. The summed E-state index contributed by atoms with van der Waals surface area (Å²) in [4.78, 5) is 14.3. The molecule has 0 spiro atoms. The van der Waals surface area contributed by atoms with Crippen molar-refractivity contribution in [3.05, 3.63) is 0 Å². The molecule has 0 fully saturated rings. The van der Waals surface area contributed by atoms with Gasteiger partial charge in [-0.15, -0.1) is 12.4 Å². The number of rotatable bonds is 3. The van der Waals surface area contributed by atoms with E-state index in [0.29, 0.717) is 13.1 Å². The van der Waals surface area contributed by atoms with Crippen LogP contribution in [-0.2, 0) is 9.63 Å². The first-order valence-electron chi connectivity index (χ1n) is 2.37. The van der Waals surface area contributed by atoms with Crippen LogP contribution in [0.15, 0.2) is 0 Å². The predicted molar refractivity (Wildman–Crippen MR) is 36.1 cm³/mol. The van der Waals surface area contributed by atoms with E-state index in [2.05, 4.69) is 10.3 Å². The van der Waals surface area contributed by atoms with E-state index in [1.807, 2.05) is 0 Å². The summed E-state index contributed by atoms with van der Waals surface area (Å²) in [6, 6.07) is 0. The molecule has 0 heterocycles. The number of hydroxylamine groups is 1. The van der Waals surface area contributed by atoms with Crippen LogP contribution in [0.4, 0.5) is 0 Å². The zero-order valence-corrected chi connectivity index (χ0v) is 6.03. The molecule has 9 heavy (non-hydrogen) atoms. The molecule has 0 rings (SSSR count). The van der Waals surface area contributed by atoms with Crippen molar-refractivity contribution in [1.82, 2.24) is 5.48 Å². The molecule has 0 aliphatic carbocycles. The molecule has 5 heteroatoms. The molecular weight excluding hydrogens is 144 g/mol. The molecule has 0 aliphatic heterocycles. The molecule has 0 aromatic carbocycles. The SMILES string of the molecule is CC(=O)ONCCN.Cl. The molecule has 3 N–H and O–H groups in total. The lowest BCUT2D eigenvalue weighted by Gasteiger charge is -1.98. The number of hydrogen-bond acceptors (Lipinski definition) is 4. The Kier molecular flexibility index (Phi) is 9.79. The van der Waals surface area contributed by atoms with Gasteiger partial charge in [0.25, 0.3) is 0 Å². The number of hydrogen-bond donors (Lipinski definition) is 2. The van der Waals surface area contributed by atoms with Crippen molar-refractivity contribution in [1.29, 1.82) is 0 Å². The standard InChI is InChI=1S/C4H10N2O2.ClH/c1-4(7)8-6-3-2-5;/h6H,2-3,5H2,1H3;1H. The molecule has 0 radical (unpaired) electrons. The summed E-state index contributed by atoms with van der Waals surface area (Å²) in [5, 5.41) is 0. The normalized spacial score (nSPS) is 7.78. The first-order valence-corrected chi connectivity index (χ1v) is 2.37. The minimum atomic E-state index is -0.349. The summed E-state index contributed by atoms with van der Waals surface area (Å²) in [5.41, 5.74) is 7.42. The van der Waals surface area contributed by atoms with E-state index in [1.54, 1.807) is 0 Å². The van der Waals surface area contributed by atoms with Gasteiger partial charge < -0.3 is 10.6 Å². The highest BCUT2D eigenvalue weighted by atomic mass is 35.5. The Morgan fingerprint density at radius 1 is 1.78 bits per heavy atom. The van der Waals surface area contributed by atoms with Crippen molar-refractivity contribution < 1.29 is 9.63 Å². The lowest BCUT2D eigenvalue weighted by Crippen LogP contribution is -2.24.